The molecule has 0 atom stereocenters. The summed E-state index contributed by atoms with van der Waals surface area (Å²) in [5.74, 6) is 0.181. The van der Waals surface area contributed by atoms with Gasteiger partial charge < -0.3 is 10.8 Å². The molecule has 1 aliphatic rings. The Morgan fingerprint density at radius 1 is 1.30 bits per heavy atom. The fraction of sp³-hybridized carbons (Fsp3) is 0.375. The van der Waals surface area contributed by atoms with Gasteiger partial charge in [0.15, 0.2) is 5.78 Å². The van der Waals surface area contributed by atoms with Gasteiger partial charge in [0.05, 0.1) is 17.0 Å². The van der Waals surface area contributed by atoms with Crippen LogP contribution in [-0.2, 0) is 4.79 Å². The minimum Gasteiger partial charge on any atom is -0.511 e. The summed E-state index contributed by atoms with van der Waals surface area (Å²) in [4.78, 5) is 16.6. The van der Waals surface area contributed by atoms with Crippen molar-refractivity contribution in [3.63, 3.8) is 0 Å². The number of carbonyl (C=O) groups excluding carboxylic acids is 1. The van der Waals surface area contributed by atoms with Crippen molar-refractivity contribution in [3.8, 4) is 0 Å². The summed E-state index contributed by atoms with van der Waals surface area (Å²) in [5.41, 5.74) is 8.19. The number of anilines is 1. The number of nitrogen functional groups attached to an aromatic ring is 1. The van der Waals surface area contributed by atoms with Gasteiger partial charge in [-0.1, -0.05) is 13.3 Å². The maximum absolute atomic E-state index is 12.0. The molecule has 1 aliphatic carbocycles. The molecule has 3 N–H and O–H groups in total. The zero-order valence-corrected chi connectivity index (χ0v) is 11.7. The third kappa shape index (κ3) is 3.26. The first-order valence-corrected chi connectivity index (χ1v) is 7.00. The van der Waals surface area contributed by atoms with Crippen molar-refractivity contribution in [3.05, 3.63) is 35.6 Å². The average molecular weight is 272 g/mol. The number of allylic oxidation sites excluding steroid dienone is 2. The van der Waals surface area contributed by atoms with E-state index in [1.807, 2.05) is 19.1 Å². The molecule has 0 amide bonds. The van der Waals surface area contributed by atoms with E-state index in [1.54, 1.807) is 12.1 Å². The van der Waals surface area contributed by atoms with Crippen LogP contribution < -0.4 is 5.73 Å². The monoisotopic (exact) mass is 272 g/mol. The van der Waals surface area contributed by atoms with Crippen LogP contribution >= 0.6 is 0 Å². The molecule has 20 heavy (non-hydrogen) atoms. The molecule has 0 fully saturated rings. The van der Waals surface area contributed by atoms with Crippen molar-refractivity contribution >= 4 is 22.9 Å². The Bertz CT molecular complexity index is 556. The number of nitrogens with zero attached hydrogens (tertiary/aromatic N) is 1. The highest BCUT2D eigenvalue weighted by Crippen LogP contribution is 2.25. The molecule has 1 aromatic carbocycles. The van der Waals surface area contributed by atoms with Gasteiger partial charge in [-0.2, -0.15) is 0 Å². The lowest BCUT2D eigenvalue weighted by atomic mass is 9.91. The van der Waals surface area contributed by atoms with Crippen LogP contribution in [0.2, 0.25) is 0 Å². The minimum atomic E-state index is -0.00334. The Hall–Kier alpha value is -2.10. The van der Waals surface area contributed by atoms with Gasteiger partial charge in [0.1, 0.15) is 5.76 Å². The van der Waals surface area contributed by atoms with Gasteiger partial charge in [-0.3, -0.25) is 9.79 Å². The van der Waals surface area contributed by atoms with Crippen molar-refractivity contribution in [1.82, 2.24) is 0 Å². The summed E-state index contributed by atoms with van der Waals surface area (Å²) in [6.45, 7) is 2.03. The van der Waals surface area contributed by atoms with Crippen LogP contribution in [0.5, 0.6) is 0 Å². The second kappa shape index (κ2) is 6.37. The third-order valence-corrected chi connectivity index (χ3v) is 3.32. The Kier molecular flexibility index (Phi) is 4.56. The maximum atomic E-state index is 12.0. The van der Waals surface area contributed by atoms with Crippen LogP contribution in [0.3, 0.4) is 0 Å². The van der Waals surface area contributed by atoms with Gasteiger partial charge in [0, 0.05) is 18.5 Å². The number of hydrogen-bond donors (Lipinski definition) is 2. The summed E-state index contributed by atoms with van der Waals surface area (Å²) in [6, 6.07) is 7.18. The van der Waals surface area contributed by atoms with Crippen LogP contribution in [0.25, 0.3) is 0 Å². The fourth-order valence-corrected chi connectivity index (χ4v) is 2.33. The van der Waals surface area contributed by atoms with Gasteiger partial charge in [0.2, 0.25) is 0 Å². The average Bonchev–Trinajstić information content (AvgIpc) is 2.41. The quantitative estimate of drug-likeness (QED) is 0.648. The van der Waals surface area contributed by atoms with Crippen LogP contribution in [0.15, 0.2) is 40.6 Å². The number of aliphatic hydroxyl groups excluding tert-OH is 1. The molecular formula is C16H20N2O2. The highest BCUT2D eigenvalue weighted by molar-refractivity contribution is 6.23. The predicted octanol–water partition coefficient (Wildman–Crippen LogP) is 3.71. The van der Waals surface area contributed by atoms with Crippen molar-refractivity contribution in [2.75, 3.05) is 5.73 Å². The Labute approximate surface area is 119 Å². The van der Waals surface area contributed by atoms with Crippen LogP contribution in [0.1, 0.15) is 39.0 Å². The first-order chi connectivity index (χ1) is 9.61. The molecule has 0 unspecified atom stereocenters. The Balaban J connectivity index is 2.40. The maximum Gasteiger partial charge on any atom is 0.168 e. The van der Waals surface area contributed by atoms with Gasteiger partial charge in [-0.05, 0) is 37.1 Å². The number of carbonyl (C=O) groups is 1. The lowest BCUT2D eigenvalue weighted by Crippen LogP contribution is -2.19. The highest BCUT2D eigenvalue weighted by Gasteiger charge is 2.24. The molecule has 0 radical (unpaired) electrons. The van der Waals surface area contributed by atoms with E-state index < -0.39 is 0 Å². The van der Waals surface area contributed by atoms with E-state index >= 15 is 0 Å². The third-order valence-electron chi connectivity index (χ3n) is 3.32. The molecule has 0 saturated carbocycles. The molecule has 106 valence electrons. The molecule has 0 aromatic heterocycles. The molecule has 0 aliphatic heterocycles. The van der Waals surface area contributed by atoms with E-state index in [-0.39, 0.29) is 11.5 Å². The number of aliphatic imine (C=N–C) groups is 1. The topological polar surface area (TPSA) is 75.7 Å². The smallest absolute Gasteiger partial charge is 0.168 e. The zero-order chi connectivity index (χ0) is 14.5. The van der Waals surface area contributed by atoms with Crippen molar-refractivity contribution < 1.29 is 9.90 Å². The standard InChI is InChI=1S/C16H20N2O2/c1-2-4-13(16-14(19)5-3-6-15(16)20)18-12-9-7-11(17)8-10-12/h7-10,19H,2-6,17H2,1H3. The van der Waals surface area contributed by atoms with E-state index in [0.29, 0.717) is 36.2 Å². The second-order valence-corrected chi connectivity index (χ2v) is 5.00. The lowest BCUT2D eigenvalue weighted by Gasteiger charge is -2.16. The molecule has 0 heterocycles. The summed E-state index contributed by atoms with van der Waals surface area (Å²) in [5, 5.41) is 10.0. The van der Waals surface area contributed by atoms with Crippen LogP contribution in [0, 0.1) is 0 Å². The Morgan fingerprint density at radius 2 is 2.00 bits per heavy atom. The summed E-state index contributed by atoms with van der Waals surface area (Å²) in [6.07, 6.45) is 3.32. The normalized spacial score (nSPS) is 16.6. The number of rotatable bonds is 4. The minimum absolute atomic E-state index is 0.00334. The number of nitrogens with two attached hydrogens (primary N) is 1. The van der Waals surface area contributed by atoms with E-state index in [2.05, 4.69) is 4.99 Å². The predicted molar refractivity (Wildman–Crippen MR) is 81.4 cm³/mol. The fourth-order valence-electron chi connectivity index (χ4n) is 2.33. The summed E-state index contributed by atoms with van der Waals surface area (Å²) >= 11 is 0. The van der Waals surface area contributed by atoms with Crippen molar-refractivity contribution in [2.24, 2.45) is 4.99 Å². The first kappa shape index (κ1) is 14.3. The van der Waals surface area contributed by atoms with E-state index in [0.717, 1.165) is 18.5 Å². The molecule has 0 spiro atoms. The van der Waals surface area contributed by atoms with E-state index in [1.165, 1.54) is 0 Å². The van der Waals surface area contributed by atoms with Crippen molar-refractivity contribution in [2.45, 2.75) is 39.0 Å². The van der Waals surface area contributed by atoms with Gasteiger partial charge in [-0.25, -0.2) is 0 Å². The highest BCUT2D eigenvalue weighted by atomic mass is 16.3. The number of ketones is 1. The van der Waals surface area contributed by atoms with Gasteiger partial charge >= 0.3 is 0 Å². The van der Waals surface area contributed by atoms with Crippen molar-refractivity contribution in [1.29, 1.82) is 0 Å². The Morgan fingerprint density at radius 3 is 2.60 bits per heavy atom. The van der Waals surface area contributed by atoms with E-state index in [4.69, 9.17) is 5.73 Å². The van der Waals surface area contributed by atoms with Gasteiger partial charge in [0.25, 0.3) is 0 Å². The molecule has 2 rings (SSSR count). The largest absolute Gasteiger partial charge is 0.511 e. The molecule has 1 aromatic rings. The van der Waals surface area contributed by atoms with E-state index in [9.17, 15) is 9.90 Å². The number of aliphatic hydroxyl groups is 1. The van der Waals surface area contributed by atoms with Gasteiger partial charge in [-0.15, -0.1) is 0 Å². The number of hydrogen-bond acceptors (Lipinski definition) is 4. The van der Waals surface area contributed by atoms with Crippen LogP contribution in [-0.4, -0.2) is 16.6 Å². The second-order valence-electron chi connectivity index (χ2n) is 5.00. The summed E-state index contributed by atoms with van der Waals surface area (Å²) in [7, 11) is 0. The number of Topliss-reactive ketones (excluding diaryl/α,β-unsaturated/α-hetero) is 1. The number of benzene rings is 1. The molecule has 0 saturated heterocycles. The van der Waals surface area contributed by atoms with Crippen LogP contribution in [0.4, 0.5) is 11.4 Å². The molecule has 4 heteroatoms. The zero-order valence-electron chi connectivity index (χ0n) is 11.7. The lowest BCUT2D eigenvalue weighted by molar-refractivity contribution is -0.115. The molecule has 0 bridgehead atoms. The SMILES string of the molecule is CCCC(=Nc1ccc(N)cc1)C1=C(O)CCCC1=O. The first-order valence-electron chi connectivity index (χ1n) is 7.00. The molecular weight excluding hydrogens is 252 g/mol. The summed E-state index contributed by atoms with van der Waals surface area (Å²) < 4.78 is 0. The molecule has 4 nitrogen and oxygen atoms in total.